The Kier molecular flexibility index (Phi) is 5.51. The monoisotopic (exact) mass is 391 g/mol. The van der Waals surface area contributed by atoms with Crippen LogP contribution < -0.4 is 4.90 Å². The molecule has 0 radical (unpaired) electrons. The molecule has 0 saturated carbocycles. The minimum atomic E-state index is -1.04. The highest BCUT2D eigenvalue weighted by molar-refractivity contribution is 5.88. The van der Waals surface area contributed by atoms with Crippen LogP contribution in [-0.2, 0) is 12.8 Å². The van der Waals surface area contributed by atoms with Crippen LogP contribution in [0, 0.1) is 5.82 Å². The molecule has 1 saturated heterocycles. The average molecular weight is 391 g/mol. The van der Waals surface area contributed by atoms with Crippen molar-refractivity contribution in [1.82, 2.24) is 9.97 Å². The van der Waals surface area contributed by atoms with Gasteiger partial charge in [-0.2, -0.15) is 0 Å². The van der Waals surface area contributed by atoms with Crippen LogP contribution in [0.15, 0.2) is 60.8 Å². The van der Waals surface area contributed by atoms with E-state index in [4.69, 9.17) is 0 Å². The number of aromatic nitrogens is 2. The fourth-order valence-corrected chi connectivity index (χ4v) is 3.86. The summed E-state index contributed by atoms with van der Waals surface area (Å²) in [5, 5.41) is 9.54. The lowest BCUT2D eigenvalue weighted by molar-refractivity contribution is 0.0694. The van der Waals surface area contributed by atoms with E-state index in [0.29, 0.717) is 24.5 Å². The van der Waals surface area contributed by atoms with Crippen molar-refractivity contribution in [1.29, 1.82) is 0 Å². The molecule has 1 aliphatic rings. The Morgan fingerprint density at radius 1 is 1.10 bits per heavy atom. The number of aromatic carboxylic acids is 1. The zero-order valence-electron chi connectivity index (χ0n) is 16.0. The van der Waals surface area contributed by atoms with Crippen molar-refractivity contribution in [2.75, 3.05) is 11.4 Å². The zero-order chi connectivity index (χ0) is 20.2. The smallest absolute Gasteiger partial charge is 0.339 e. The number of carboxylic acid groups (broad SMARTS) is 1. The van der Waals surface area contributed by atoms with Crippen molar-refractivity contribution in [2.45, 2.75) is 31.7 Å². The highest BCUT2D eigenvalue weighted by atomic mass is 19.1. The van der Waals surface area contributed by atoms with E-state index >= 15 is 0 Å². The summed E-state index contributed by atoms with van der Waals surface area (Å²) in [5.41, 5.74) is 2.77. The quantitative estimate of drug-likeness (QED) is 0.673. The molecular formula is C23H22FN3O2. The fourth-order valence-electron chi connectivity index (χ4n) is 3.86. The van der Waals surface area contributed by atoms with Crippen molar-refractivity contribution >= 4 is 11.9 Å². The van der Waals surface area contributed by atoms with Gasteiger partial charge in [0.15, 0.2) is 0 Å². The Morgan fingerprint density at radius 3 is 2.59 bits per heavy atom. The normalized spacial score (nSPS) is 16.2. The predicted octanol–water partition coefficient (Wildman–Crippen LogP) is 4.44. The second-order valence-corrected chi connectivity index (χ2v) is 7.22. The minimum Gasteiger partial charge on any atom is -0.478 e. The average Bonchev–Trinajstić information content (AvgIpc) is 3.23. The molecule has 1 aromatic heterocycles. The zero-order valence-corrected chi connectivity index (χ0v) is 16.0. The van der Waals surface area contributed by atoms with Crippen molar-refractivity contribution < 1.29 is 14.3 Å². The van der Waals surface area contributed by atoms with E-state index in [1.807, 2.05) is 18.2 Å². The van der Waals surface area contributed by atoms with Gasteiger partial charge in [-0.15, -0.1) is 0 Å². The van der Waals surface area contributed by atoms with E-state index in [9.17, 15) is 14.3 Å². The maximum absolute atomic E-state index is 13.1. The molecule has 0 bridgehead atoms. The van der Waals surface area contributed by atoms with E-state index in [0.717, 1.165) is 24.9 Å². The molecule has 4 rings (SSSR count). The van der Waals surface area contributed by atoms with Gasteiger partial charge >= 0.3 is 5.97 Å². The number of hydrogen-bond acceptors (Lipinski definition) is 4. The second-order valence-electron chi connectivity index (χ2n) is 7.22. The minimum absolute atomic E-state index is 0.117. The molecule has 0 spiro atoms. The van der Waals surface area contributed by atoms with Gasteiger partial charge in [-0.3, -0.25) is 0 Å². The van der Waals surface area contributed by atoms with Gasteiger partial charge in [0.05, 0.1) is 17.3 Å². The van der Waals surface area contributed by atoms with Crippen molar-refractivity contribution in [3.05, 3.63) is 89.0 Å². The van der Waals surface area contributed by atoms with Gasteiger partial charge in [0.2, 0.25) is 5.95 Å². The molecule has 6 heteroatoms. The summed E-state index contributed by atoms with van der Waals surface area (Å²) < 4.78 is 13.1. The highest BCUT2D eigenvalue weighted by Gasteiger charge is 2.28. The SMILES string of the molecule is O=C(O)c1cnc(N2CCC[C@H]2c2ccccc2)nc1CCc1ccc(F)cc1. The van der Waals surface area contributed by atoms with Crippen molar-refractivity contribution in [3.63, 3.8) is 0 Å². The lowest BCUT2D eigenvalue weighted by atomic mass is 10.0. The predicted molar refractivity (Wildman–Crippen MR) is 109 cm³/mol. The topological polar surface area (TPSA) is 66.3 Å². The number of carbonyl (C=O) groups is 1. The molecular weight excluding hydrogens is 369 g/mol. The Labute approximate surface area is 168 Å². The van der Waals surface area contributed by atoms with Gasteiger partial charge in [-0.1, -0.05) is 42.5 Å². The van der Waals surface area contributed by atoms with Gasteiger partial charge < -0.3 is 10.0 Å². The highest BCUT2D eigenvalue weighted by Crippen LogP contribution is 2.34. The molecule has 1 aliphatic heterocycles. The van der Waals surface area contributed by atoms with Crippen LogP contribution in [0.1, 0.15) is 46.1 Å². The molecule has 0 amide bonds. The molecule has 2 aromatic carbocycles. The molecule has 0 aliphatic carbocycles. The number of aryl methyl sites for hydroxylation is 2. The van der Waals surface area contributed by atoms with E-state index in [1.54, 1.807) is 12.1 Å². The van der Waals surface area contributed by atoms with E-state index in [1.165, 1.54) is 23.9 Å². The van der Waals surface area contributed by atoms with Gasteiger partial charge in [-0.05, 0) is 48.9 Å². The lowest BCUT2D eigenvalue weighted by Crippen LogP contribution is -2.25. The molecule has 5 nitrogen and oxygen atoms in total. The Balaban J connectivity index is 1.60. The van der Waals surface area contributed by atoms with Crippen LogP contribution in [0.2, 0.25) is 0 Å². The third-order valence-electron chi connectivity index (χ3n) is 5.34. The first kappa shape index (κ1) is 19.1. The lowest BCUT2D eigenvalue weighted by Gasteiger charge is -2.25. The van der Waals surface area contributed by atoms with Crippen LogP contribution in [0.4, 0.5) is 10.3 Å². The Hall–Kier alpha value is -3.28. The van der Waals surface area contributed by atoms with E-state index < -0.39 is 5.97 Å². The molecule has 1 fully saturated rings. The molecule has 29 heavy (non-hydrogen) atoms. The Morgan fingerprint density at radius 2 is 1.86 bits per heavy atom. The second kappa shape index (κ2) is 8.39. The first-order valence-electron chi connectivity index (χ1n) is 9.77. The standard InChI is InChI=1S/C23H22FN3O2/c24-18-11-8-16(9-12-18)10-13-20-19(22(28)29)15-25-23(26-20)27-14-4-7-21(27)17-5-2-1-3-6-17/h1-3,5-6,8-9,11-12,15,21H,4,7,10,13-14H2,(H,28,29)/t21-/m0/s1. The van der Waals surface area contributed by atoms with Gasteiger partial charge in [-0.25, -0.2) is 19.2 Å². The van der Waals surface area contributed by atoms with Crippen LogP contribution in [0.25, 0.3) is 0 Å². The summed E-state index contributed by atoms with van der Waals surface area (Å²) in [6, 6.07) is 16.7. The van der Waals surface area contributed by atoms with Crippen LogP contribution in [-0.4, -0.2) is 27.6 Å². The number of benzene rings is 2. The summed E-state index contributed by atoms with van der Waals surface area (Å²) in [6.07, 6.45) is 4.49. The molecule has 1 atom stereocenters. The fraction of sp³-hybridized carbons (Fsp3) is 0.261. The largest absolute Gasteiger partial charge is 0.478 e. The van der Waals surface area contributed by atoms with Crippen LogP contribution >= 0.6 is 0 Å². The molecule has 3 aromatic rings. The number of anilines is 1. The van der Waals surface area contributed by atoms with Gasteiger partial charge in [0.1, 0.15) is 5.82 Å². The van der Waals surface area contributed by atoms with Gasteiger partial charge in [0, 0.05) is 12.7 Å². The number of nitrogens with zero attached hydrogens (tertiary/aromatic N) is 3. The summed E-state index contributed by atoms with van der Waals surface area (Å²) in [5.74, 6) is -0.757. The molecule has 148 valence electrons. The third kappa shape index (κ3) is 4.26. The van der Waals surface area contributed by atoms with Crippen molar-refractivity contribution in [3.8, 4) is 0 Å². The maximum Gasteiger partial charge on any atom is 0.339 e. The van der Waals surface area contributed by atoms with E-state index in [-0.39, 0.29) is 17.4 Å². The number of carboxylic acids is 1. The summed E-state index contributed by atoms with van der Waals surface area (Å²) in [6.45, 7) is 0.837. The van der Waals surface area contributed by atoms with Gasteiger partial charge in [0.25, 0.3) is 0 Å². The summed E-state index contributed by atoms with van der Waals surface area (Å²) in [4.78, 5) is 22.8. The third-order valence-corrected chi connectivity index (χ3v) is 5.34. The number of hydrogen-bond donors (Lipinski definition) is 1. The van der Waals surface area contributed by atoms with Crippen LogP contribution in [0.3, 0.4) is 0 Å². The first-order valence-corrected chi connectivity index (χ1v) is 9.77. The van der Waals surface area contributed by atoms with E-state index in [2.05, 4.69) is 27.0 Å². The summed E-state index contributed by atoms with van der Waals surface area (Å²) >= 11 is 0. The maximum atomic E-state index is 13.1. The molecule has 2 heterocycles. The first-order chi connectivity index (χ1) is 14.1. The van der Waals surface area contributed by atoms with Crippen molar-refractivity contribution in [2.24, 2.45) is 0 Å². The molecule has 0 unspecified atom stereocenters. The number of halogens is 1. The number of rotatable bonds is 6. The van der Waals surface area contributed by atoms with Crippen LogP contribution in [0.5, 0.6) is 0 Å². The summed E-state index contributed by atoms with van der Waals surface area (Å²) in [7, 11) is 0. The molecule has 1 N–H and O–H groups in total. The Bertz CT molecular complexity index is 993.